The van der Waals surface area contributed by atoms with E-state index in [0.717, 1.165) is 11.5 Å². The molecular weight excluding hydrogens is 449 g/mol. The van der Waals surface area contributed by atoms with Crippen molar-refractivity contribution in [2.45, 2.75) is 90.5 Å². The number of quaternary nitrogens is 1. The maximum absolute atomic E-state index is 12.2. The minimum atomic E-state index is -4.51. The number of hydrogen-bond acceptors (Lipinski definition) is 5. The minimum absolute atomic E-state index is 0.0877. The van der Waals surface area contributed by atoms with E-state index >= 15 is 0 Å². The van der Waals surface area contributed by atoms with Gasteiger partial charge in [0.25, 0.3) is 0 Å². The Bertz CT molecular complexity index is 523. The van der Waals surface area contributed by atoms with Crippen molar-refractivity contribution >= 4 is 25.6 Å². The molecule has 0 radical (unpaired) electrons. The third kappa shape index (κ3) is 19.4. The summed E-state index contributed by atoms with van der Waals surface area (Å²) < 4.78 is 21.5. The molecule has 2 unspecified atom stereocenters. The van der Waals surface area contributed by atoms with Gasteiger partial charge in [0.15, 0.2) is 0 Å². The van der Waals surface area contributed by atoms with Crippen LogP contribution in [0.2, 0.25) is 0 Å². The van der Waals surface area contributed by atoms with Gasteiger partial charge in [0.05, 0.1) is 33.7 Å². The smallest absolute Gasteiger partial charge is 0.465 e. The molecule has 2 atom stereocenters. The molecule has 0 aromatic rings. The number of likely N-dealkylation sites (N-methyl/N-ethyl adjacent to an activating group) is 1. The van der Waals surface area contributed by atoms with Gasteiger partial charge in [-0.25, -0.2) is 4.57 Å². The molecule has 7 nitrogen and oxygen atoms in total. The summed E-state index contributed by atoms with van der Waals surface area (Å²) in [7, 11) is 1.25. The summed E-state index contributed by atoms with van der Waals surface area (Å²) >= 11 is 1.81. The summed E-state index contributed by atoms with van der Waals surface area (Å²) in [5.41, 5.74) is 0. The molecule has 0 rings (SSSR count). The maximum Gasteiger partial charge on any atom is 0.469 e. The van der Waals surface area contributed by atoms with Crippen molar-refractivity contribution in [3.8, 4) is 0 Å². The van der Waals surface area contributed by atoms with Gasteiger partial charge < -0.3 is 19.0 Å². The molecule has 0 aromatic heterocycles. The van der Waals surface area contributed by atoms with Crippen molar-refractivity contribution in [1.29, 1.82) is 0 Å². The number of phosphoric acid groups is 1. The number of ether oxygens (including phenoxy) is 1. The fourth-order valence-electron chi connectivity index (χ4n) is 3.33. The number of unbranched alkanes of at least 4 members (excludes halogenated alkanes) is 9. The number of carbonyl (C=O) groups excluding carboxylic acids is 1. The molecule has 0 heterocycles. The van der Waals surface area contributed by atoms with Crippen molar-refractivity contribution < 1.29 is 32.9 Å². The average molecular weight is 499 g/mol. The summed E-state index contributed by atoms with van der Waals surface area (Å²) in [6, 6.07) is -0.184. The van der Waals surface area contributed by atoms with Crippen LogP contribution in [0.3, 0.4) is 0 Å². The molecule has 0 saturated carbocycles. The van der Waals surface area contributed by atoms with E-state index in [1.165, 1.54) is 64.2 Å². The zero-order chi connectivity index (χ0) is 24.5. The summed E-state index contributed by atoms with van der Waals surface area (Å²) in [6.07, 6.45) is 13.8. The first-order chi connectivity index (χ1) is 15.0. The second-order valence-corrected chi connectivity index (χ2v) is 12.1. The lowest BCUT2D eigenvalue weighted by Gasteiger charge is -2.33. The van der Waals surface area contributed by atoms with Crippen molar-refractivity contribution in [3.63, 3.8) is 0 Å². The minimum Gasteiger partial charge on any atom is -0.465 e. The van der Waals surface area contributed by atoms with Gasteiger partial charge in [-0.1, -0.05) is 71.6 Å². The fraction of sp³-hybridized carbons (Fsp3) is 0.957. The molecule has 0 saturated heterocycles. The Kier molecular flexibility index (Phi) is 18.2. The molecule has 32 heavy (non-hydrogen) atoms. The first-order valence-electron chi connectivity index (χ1n) is 12.2. The second kappa shape index (κ2) is 18.2. The molecule has 0 aliphatic carbocycles. The van der Waals surface area contributed by atoms with Crippen LogP contribution in [0.1, 0.15) is 84.5 Å². The van der Waals surface area contributed by atoms with E-state index < -0.39 is 7.82 Å². The van der Waals surface area contributed by atoms with Crippen LogP contribution >= 0.6 is 19.6 Å². The second-order valence-electron chi connectivity index (χ2n) is 9.67. The number of nitrogens with zero attached hydrogens (tertiary/aromatic N) is 1. The maximum atomic E-state index is 12.2. The molecule has 0 aliphatic heterocycles. The molecule has 2 N–H and O–H groups in total. The number of hydrogen-bond donors (Lipinski definition) is 2. The normalized spacial score (nSPS) is 14.3. The van der Waals surface area contributed by atoms with E-state index in [1.807, 2.05) is 39.8 Å². The molecule has 0 spiro atoms. The van der Waals surface area contributed by atoms with Crippen molar-refractivity contribution in [3.05, 3.63) is 0 Å². The Morgan fingerprint density at radius 3 is 2.00 bits per heavy atom. The lowest BCUT2D eigenvalue weighted by Crippen LogP contribution is -2.48. The highest BCUT2D eigenvalue weighted by atomic mass is 32.2. The van der Waals surface area contributed by atoms with Gasteiger partial charge in [-0.15, -0.1) is 0 Å². The third-order valence-corrected chi connectivity index (χ3v) is 7.44. The van der Waals surface area contributed by atoms with Gasteiger partial charge in [-0.2, -0.15) is 11.8 Å². The quantitative estimate of drug-likeness (QED) is 0.0948. The van der Waals surface area contributed by atoms with Crippen molar-refractivity contribution in [1.82, 2.24) is 0 Å². The molecule has 0 fully saturated rings. The van der Waals surface area contributed by atoms with E-state index in [9.17, 15) is 9.36 Å². The highest BCUT2D eigenvalue weighted by Gasteiger charge is 2.28. The van der Waals surface area contributed by atoms with Gasteiger partial charge in [0.2, 0.25) is 0 Å². The third-order valence-electron chi connectivity index (χ3n) is 5.64. The van der Waals surface area contributed by atoms with Crippen molar-refractivity contribution in [2.75, 3.05) is 45.9 Å². The Morgan fingerprint density at radius 1 is 0.969 bits per heavy atom. The monoisotopic (exact) mass is 498 g/mol. The SMILES string of the molecule is CCCCCCCCCCCCSCC(C)C(=O)OCCC(COP(=O)(O)O)[N+](C)(C)C. The lowest BCUT2D eigenvalue weighted by molar-refractivity contribution is -0.896. The van der Waals surface area contributed by atoms with Crippen molar-refractivity contribution in [2.24, 2.45) is 5.92 Å². The van der Waals surface area contributed by atoms with Crippen LogP contribution in [-0.2, 0) is 18.6 Å². The Morgan fingerprint density at radius 2 is 1.50 bits per heavy atom. The molecule has 192 valence electrons. The summed E-state index contributed by atoms with van der Waals surface area (Å²) in [4.78, 5) is 30.1. The highest BCUT2D eigenvalue weighted by Crippen LogP contribution is 2.36. The van der Waals surface area contributed by atoms with Crippen LogP contribution < -0.4 is 0 Å². The Balaban J connectivity index is 3.83. The topological polar surface area (TPSA) is 93.1 Å². The molecule has 0 aliphatic rings. The van der Waals surface area contributed by atoms with Crippen LogP contribution in [-0.4, -0.2) is 72.1 Å². The van der Waals surface area contributed by atoms with E-state index in [2.05, 4.69) is 11.4 Å². The Hall–Kier alpha value is -0.110. The van der Waals surface area contributed by atoms with Gasteiger partial charge in [-0.05, 0) is 12.2 Å². The predicted octanol–water partition coefficient (Wildman–Crippen LogP) is 5.39. The summed E-state index contributed by atoms with van der Waals surface area (Å²) in [5, 5.41) is 0. The van der Waals surface area contributed by atoms with Crippen LogP contribution in [0.25, 0.3) is 0 Å². The highest BCUT2D eigenvalue weighted by molar-refractivity contribution is 7.99. The predicted molar refractivity (Wildman–Crippen MR) is 134 cm³/mol. The average Bonchev–Trinajstić information content (AvgIpc) is 2.69. The molecular formula is C23H49NO6PS+. The zero-order valence-electron chi connectivity index (χ0n) is 21.1. The lowest BCUT2D eigenvalue weighted by atomic mass is 10.1. The van der Waals surface area contributed by atoms with Gasteiger partial charge in [-0.3, -0.25) is 9.32 Å². The van der Waals surface area contributed by atoms with Crippen LogP contribution in [0, 0.1) is 5.92 Å². The molecule has 0 aromatic carbocycles. The van der Waals surface area contributed by atoms with Crippen LogP contribution in [0.5, 0.6) is 0 Å². The number of carbonyl (C=O) groups is 1. The first kappa shape index (κ1) is 31.9. The zero-order valence-corrected chi connectivity index (χ0v) is 22.8. The largest absolute Gasteiger partial charge is 0.469 e. The number of thioether (sulfide) groups is 1. The number of rotatable bonds is 21. The molecule has 9 heteroatoms. The summed E-state index contributed by atoms with van der Waals surface area (Å²) in [5.74, 6) is 1.47. The fourth-order valence-corrected chi connectivity index (χ4v) is 4.77. The molecule has 0 amide bonds. The van der Waals surface area contributed by atoms with Gasteiger partial charge >= 0.3 is 13.8 Å². The Labute approximate surface area is 200 Å². The first-order valence-corrected chi connectivity index (χ1v) is 14.9. The van der Waals surface area contributed by atoms with Gasteiger partial charge in [0, 0.05) is 12.2 Å². The molecule has 0 bridgehead atoms. The van der Waals surface area contributed by atoms with E-state index in [4.69, 9.17) is 14.5 Å². The van der Waals surface area contributed by atoms with Gasteiger partial charge in [0.1, 0.15) is 12.6 Å². The summed E-state index contributed by atoms with van der Waals surface area (Å²) in [6.45, 7) is 4.27. The van der Waals surface area contributed by atoms with Crippen LogP contribution in [0.4, 0.5) is 0 Å². The standard InChI is InChI=1S/C23H48NO6PS/c1-6-7-8-9-10-11-12-13-14-15-18-32-20-21(2)23(25)29-17-16-22(24(3,4)5)19-30-31(26,27)28/h21-22H,6-20H2,1-5H3,(H-,26,27,28)/p+1. The number of phosphoric ester groups is 1. The van der Waals surface area contributed by atoms with E-state index in [0.29, 0.717) is 10.9 Å². The number of esters is 1. The van der Waals surface area contributed by atoms with E-state index in [1.54, 1.807) is 0 Å². The van der Waals surface area contributed by atoms with E-state index in [-0.39, 0.29) is 31.1 Å². The van der Waals surface area contributed by atoms with Crippen LogP contribution in [0.15, 0.2) is 0 Å².